The third-order valence-electron chi connectivity index (χ3n) is 3.27. The molecule has 0 atom stereocenters. The molecule has 1 fully saturated rings. The molecule has 1 aromatic heterocycles. The zero-order valence-electron chi connectivity index (χ0n) is 8.68. The molecule has 3 heteroatoms. The highest BCUT2D eigenvalue weighted by atomic mass is 32.1. The first-order valence-corrected chi connectivity index (χ1v) is 6.16. The number of nitrogen functional groups attached to an aromatic ring is 1. The Labute approximate surface area is 89.5 Å². The molecule has 1 saturated carbocycles. The van der Waals surface area contributed by atoms with Gasteiger partial charge >= 0.3 is 0 Å². The first-order chi connectivity index (χ1) is 6.76. The molecular weight excluding hydrogens is 192 g/mol. The minimum atomic E-state index is 0.631. The topological polar surface area (TPSA) is 38.0 Å². The van der Waals surface area contributed by atoms with Crippen LogP contribution in [0.25, 0.3) is 0 Å². The maximum absolute atomic E-state index is 5.81. The van der Waals surface area contributed by atoms with Gasteiger partial charge in [0.25, 0.3) is 0 Å². The second-order valence-electron chi connectivity index (χ2n) is 4.26. The van der Waals surface area contributed by atoms with Crippen molar-refractivity contribution in [3.63, 3.8) is 0 Å². The molecule has 1 aliphatic carbocycles. The summed E-state index contributed by atoms with van der Waals surface area (Å²) in [6.45, 7) is 4.38. The highest BCUT2D eigenvalue weighted by Crippen LogP contribution is 2.47. The molecule has 0 aromatic carbocycles. The fourth-order valence-corrected chi connectivity index (χ4v) is 2.54. The SMILES string of the molecule is CCC1(CNCc2sccc2N)CC1. The van der Waals surface area contributed by atoms with Crippen LogP contribution in [0.3, 0.4) is 0 Å². The van der Waals surface area contributed by atoms with Crippen LogP contribution < -0.4 is 11.1 Å². The summed E-state index contributed by atoms with van der Waals surface area (Å²) in [5.74, 6) is 0. The van der Waals surface area contributed by atoms with Gasteiger partial charge in [-0.25, -0.2) is 0 Å². The quantitative estimate of drug-likeness (QED) is 0.784. The Morgan fingerprint density at radius 2 is 2.36 bits per heavy atom. The van der Waals surface area contributed by atoms with E-state index in [4.69, 9.17) is 5.73 Å². The molecule has 2 rings (SSSR count). The van der Waals surface area contributed by atoms with E-state index in [1.165, 1.54) is 24.1 Å². The highest BCUT2D eigenvalue weighted by molar-refractivity contribution is 7.10. The van der Waals surface area contributed by atoms with E-state index in [0.717, 1.165) is 18.8 Å². The average molecular weight is 210 g/mol. The highest BCUT2D eigenvalue weighted by Gasteiger charge is 2.39. The van der Waals surface area contributed by atoms with Crippen LogP contribution in [0.5, 0.6) is 0 Å². The zero-order valence-corrected chi connectivity index (χ0v) is 9.49. The van der Waals surface area contributed by atoms with Gasteiger partial charge < -0.3 is 11.1 Å². The molecule has 0 aliphatic heterocycles. The Kier molecular flexibility index (Phi) is 2.79. The van der Waals surface area contributed by atoms with Gasteiger partial charge in [0, 0.05) is 23.7 Å². The maximum Gasteiger partial charge on any atom is 0.0468 e. The predicted octanol–water partition coefficient (Wildman–Crippen LogP) is 2.61. The molecule has 3 N–H and O–H groups in total. The predicted molar refractivity (Wildman–Crippen MR) is 62.4 cm³/mol. The van der Waals surface area contributed by atoms with Crippen LogP contribution in [0.2, 0.25) is 0 Å². The monoisotopic (exact) mass is 210 g/mol. The van der Waals surface area contributed by atoms with Gasteiger partial charge in [0.15, 0.2) is 0 Å². The van der Waals surface area contributed by atoms with Crippen LogP contribution in [-0.4, -0.2) is 6.54 Å². The third-order valence-corrected chi connectivity index (χ3v) is 4.21. The first kappa shape index (κ1) is 9.99. The molecule has 0 saturated heterocycles. The summed E-state index contributed by atoms with van der Waals surface area (Å²) < 4.78 is 0. The number of rotatable bonds is 5. The maximum atomic E-state index is 5.81. The van der Waals surface area contributed by atoms with Crippen molar-refractivity contribution in [2.45, 2.75) is 32.7 Å². The molecule has 0 spiro atoms. The van der Waals surface area contributed by atoms with Crippen molar-refractivity contribution >= 4 is 17.0 Å². The molecule has 0 unspecified atom stereocenters. The number of hydrogen-bond donors (Lipinski definition) is 2. The van der Waals surface area contributed by atoms with Crippen LogP contribution in [0.15, 0.2) is 11.4 Å². The second-order valence-corrected chi connectivity index (χ2v) is 5.26. The standard InChI is InChI=1S/C11H18N2S/c1-2-11(4-5-11)8-13-7-10-9(12)3-6-14-10/h3,6,13H,2,4-5,7-8,12H2,1H3. The van der Waals surface area contributed by atoms with Crippen molar-refractivity contribution in [1.29, 1.82) is 0 Å². The van der Waals surface area contributed by atoms with Crippen molar-refractivity contribution in [3.05, 3.63) is 16.3 Å². The van der Waals surface area contributed by atoms with Gasteiger partial charge in [-0.3, -0.25) is 0 Å². The summed E-state index contributed by atoms with van der Waals surface area (Å²) in [6.07, 6.45) is 4.10. The fourth-order valence-electron chi connectivity index (χ4n) is 1.77. The molecule has 0 radical (unpaired) electrons. The third kappa shape index (κ3) is 2.10. The Balaban J connectivity index is 1.76. The van der Waals surface area contributed by atoms with E-state index in [-0.39, 0.29) is 0 Å². The number of thiophene rings is 1. The number of nitrogens with one attached hydrogen (secondary N) is 1. The van der Waals surface area contributed by atoms with Gasteiger partial charge in [0.2, 0.25) is 0 Å². The Morgan fingerprint density at radius 3 is 2.86 bits per heavy atom. The normalized spacial score (nSPS) is 18.4. The van der Waals surface area contributed by atoms with Crippen molar-refractivity contribution in [2.75, 3.05) is 12.3 Å². The van der Waals surface area contributed by atoms with Crippen molar-refractivity contribution in [2.24, 2.45) is 5.41 Å². The van der Waals surface area contributed by atoms with Crippen LogP contribution >= 0.6 is 11.3 Å². The van der Waals surface area contributed by atoms with Crippen LogP contribution in [-0.2, 0) is 6.54 Å². The van der Waals surface area contributed by atoms with E-state index >= 15 is 0 Å². The van der Waals surface area contributed by atoms with Crippen molar-refractivity contribution in [3.8, 4) is 0 Å². The minimum absolute atomic E-state index is 0.631. The van der Waals surface area contributed by atoms with Gasteiger partial charge in [0.1, 0.15) is 0 Å². The lowest BCUT2D eigenvalue weighted by Gasteiger charge is -2.12. The molecule has 78 valence electrons. The van der Waals surface area contributed by atoms with Crippen molar-refractivity contribution < 1.29 is 0 Å². The summed E-state index contributed by atoms with van der Waals surface area (Å²) in [4.78, 5) is 1.27. The van der Waals surface area contributed by atoms with Gasteiger partial charge in [-0.15, -0.1) is 11.3 Å². The zero-order chi connectivity index (χ0) is 10.0. The van der Waals surface area contributed by atoms with E-state index in [1.807, 2.05) is 6.07 Å². The van der Waals surface area contributed by atoms with E-state index in [1.54, 1.807) is 11.3 Å². The minimum Gasteiger partial charge on any atom is -0.398 e. The summed E-state index contributed by atoms with van der Waals surface area (Å²) in [5.41, 5.74) is 7.37. The largest absolute Gasteiger partial charge is 0.398 e. The smallest absolute Gasteiger partial charge is 0.0468 e. The first-order valence-electron chi connectivity index (χ1n) is 5.28. The van der Waals surface area contributed by atoms with E-state index in [2.05, 4.69) is 17.6 Å². The van der Waals surface area contributed by atoms with Crippen LogP contribution in [0.4, 0.5) is 5.69 Å². The Morgan fingerprint density at radius 1 is 1.57 bits per heavy atom. The Hall–Kier alpha value is -0.540. The number of nitrogens with two attached hydrogens (primary N) is 1. The van der Waals surface area contributed by atoms with E-state index in [0.29, 0.717) is 5.41 Å². The van der Waals surface area contributed by atoms with E-state index < -0.39 is 0 Å². The molecule has 2 nitrogen and oxygen atoms in total. The van der Waals surface area contributed by atoms with Gasteiger partial charge in [0.05, 0.1) is 0 Å². The van der Waals surface area contributed by atoms with Gasteiger partial charge in [-0.2, -0.15) is 0 Å². The van der Waals surface area contributed by atoms with Crippen LogP contribution in [0.1, 0.15) is 31.1 Å². The van der Waals surface area contributed by atoms with Crippen LogP contribution in [0, 0.1) is 5.41 Å². The lowest BCUT2D eigenvalue weighted by Crippen LogP contribution is -2.22. The Bertz CT molecular complexity index is 302. The number of anilines is 1. The molecule has 0 amide bonds. The lowest BCUT2D eigenvalue weighted by atomic mass is 10.0. The van der Waals surface area contributed by atoms with Gasteiger partial charge in [-0.05, 0) is 36.1 Å². The summed E-state index contributed by atoms with van der Waals surface area (Å²) in [7, 11) is 0. The summed E-state index contributed by atoms with van der Waals surface area (Å²) in [5, 5.41) is 5.57. The summed E-state index contributed by atoms with van der Waals surface area (Å²) in [6, 6.07) is 1.98. The second kappa shape index (κ2) is 3.91. The molecule has 1 aliphatic rings. The summed E-state index contributed by atoms with van der Waals surface area (Å²) >= 11 is 1.74. The molecule has 0 bridgehead atoms. The molecule has 1 heterocycles. The average Bonchev–Trinajstić information content (AvgIpc) is 2.86. The molecule has 14 heavy (non-hydrogen) atoms. The van der Waals surface area contributed by atoms with Gasteiger partial charge in [-0.1, -0.05) is 6.92 Å². The fraction of sp³-hybridized carbons (Fsp3) is 0.636. The molecular formula is C11H18N2S. The van der Waals surface area contributed by atoms with Crippen molar-refractivity contribution in [1.82, 2.24) is 5.32 Å². The number of hydrogen-bond acceptors (Lipinski definition) is 3. The lowest BCUT2D eigenvalue weighted by molar-refractivity contribution is 0.445. The van der Waals surface area contributed by atoms with E-state index in [9.17, 15) is 0 Å². The molecule has 1 aromatic rings.